The van der Waals surface area contributed by atoms with Gasteiger partial charge in [-0.1, -0.05) is 6.07 Å². The Hall–Kier alpha value is -2.10. The Kier molecular flexibility index (Phi) is 2.85. The predicted molar refractivity (Wildman–Crippen MR) is 72.0 cm³/mol. The first-order valence-electron chi connectivity index (χ1n) is 6.41. The number of hydrogen-bond donors (Lipinski definition) is 0. The molecule has 1 aromatic carbocycles. The van der Waals surface area contributed by atoms with Crippen LogP contribution in [0.2, 0.25) is 0 Å². The number of carbonyl (C=O) groups excluding carboxylic acids is 1. The van der Waals surface area contributed by atoms with Crippen molar-refractivity contribution in [3.63, 3.8) is 0 Å². The summed E-state index contributed by atoms with van der Waals surface area (Å²) in [5, 5.41) is 4.21. The zero-order chi connectivity index (χ0) is 13.4. The van der Waals surface area contributed by atoms with Crippen LogP contribution in [0.3, 0.4) is 0 Å². The first-order valence-corrected chi connectivity index (χ1v) is 6.41. The maximum atomic E-state index is 11.7. The Morgan fingerprint density at radius 1 is 1.37 bits per heavy atom. The van der Waals surface area contributed by atoms with Crippen LogP contribution in [0.25, 0.3) is 11.3 Å². The van der Waals surface area contributed by atoms with Gasteiger partial charge in [0.25, 0.3) is 0 Å². The second kappa shape index (κ2) is 4.53. The molecule has 1 aliphatic rings. The number of benzene rings is 1. The number of aryl methyl sites for hydroxylation is 1. The van der Waals surface area contributed by atoms with Gasteiger partial charge in [-0.05, 0) is 42.5 Å². The topological polar surface area (TPSA) is 44.1 Å². The summed E-state index contributed by atoms with van der Waals surface area (Å²) in [5.74, 6) is 0.322. The van der Waals surface area contributed by atoms with Crippen molar-refractivity contribution >= 4 is 5.97 Å². The standard InChI is InChI=1S/C15H16N2O2/c1-17-14(7-8-16-17)13-9-11(15(18)19-2)5-6-12(13)10-3-4-10/h5-10H,3-4H2,1-2H3. The SMILES string of the molecule is COC(=O)c1ccc(C2CC2)c(-c2ccnn2C)c1. The summed E-state index contributed by atoms with van der Waals surface area (Å²) in [6.45, 7) is 0. The van der Waals surface area contributed by atoms with Gasteiger partial charge in [0.15, 0.2) is 0 Å². The number of esters is 1. The van der Waals surface area contributed by atoms with Crippen LogP contribution in [0.15, 0.2) is 30.5 Å². The molecule has 1 aliphatic carbocycles. The van der Waals surface area contributed by atoms with E-state index < -0.39 is 0 Å². The maximum Gasteiger partial charge on any atom is 0.337 e. The van der Waals surface area contributed by atoms with Gasteiger partial charge >= 0.3 is 5.97 Å². The summed E-state index contributed by atoms with van der Waals surface area (Å²) in [4.78, 5) is 11.7. The summed E-state index contributed by atoms with van der Waals surface area (Å²) in [7, 11) is 3.32. The van der Waals surface area contributed by atoms with Gasteiger partial charge < -0.3 is 4.74 Å². The lowest BCUT2D eigenvalue weighted by Crippen LogP contribution is -2.03. The number of ether oxygens (including phenoxy) is 1. The zero-order valence-electron chi connectivity index (χ0n) is 11.1. The number of methoxy groups -OCH3 is 1. The summed E-state index contributed by atoms with van der Waals surface area (Å²) in [5.41, 5.74) is 4.01. The van der Waals surface area contributed by atoms with Gasteiger partial charge in [-0.25, -0.2) is 4.79 Å². The molecule has 98 valence electrons. The van der Waals surface area contributed by atoms with Crippen molar-refractivity contribution in [2.45, 2.75) is 18.8 Å². The van der Waals surface area contributed by atoms with E-state index in [0.717, 1.165) is 11.3 Å². The van der Waals surface area contributed by atoms with Gasteiger partial charge in [0.05, 0.1) is 18.4 Å². The summed E-state index contributed by atoms with van der Waals surface area (Å²) >= 11 is 0. The minimum absolute atomic E-state index is 0.300. The average molecular weight is 256 g/mol. The van der Waals surface area contributed by atoms with E-state index in [4.69, 9.17) is 4.74 Å². The van der Waals surface area contributed by atoms with Gasteiger partial charge in [0.1, 0.15) is 0 Å². The molecule has 0 bridgehead atoms. The molecule has 3 rings (SSSR count). The molecule has 1 aromatic heterocycles. The third-order valence-electron chi connectivity index (χ3n) is 3.59. The molecule has 4 nitrogen and oxygen atoms in total. The van der Waals surface area contributed by atoms with Crippen LogP contribution in [0, 0.1) is 0 Å². The highest BCUT2D eigenvalue weighted by atomic mass is 16.5. The van der Waals surface area contributed by atoms with Gasteiger partial charge in [0.2, 0.25) is 0 Å². The molecule has 0 spiro atoms. The van der Waals surface area contributed by atoms with Gasteiger partial charge in [0, 0.05) is 18.8 Å². The normalized spacial score (nSPS) is 14.4. The van der Waals surface area contributed by atoms with Gasteiger partial charge in [-0.2, -0.15) is 5.10 Å². The Balaban J connectivity index is 2.13. The summed E-state index contributed by atoms with van der Waals surface area (Å²) in [6, 6.07) is 7.78. The molecule has 4 heteroatoms. The molecule has 0 unspecified atom stereocenters. The fraction of sp³-hybridized carbons (Fsp3) is 0.333. The van der Waals surface area contributed by atoms with E-state index >= 15 is 0 Å². The van der Waals surface area contributed by atoms with Crippen LogP contribution in [-0.2, 0) is 11.8 Å². The fourth-order valence-corrected chi connectivity index (χ4v) is 2.41. The molecule has 1 heterocycles. The molecular formula is C15H16N2O2. The lowest BCUT2D eigenvalue weighted by Gasteiger charge is -2.11. The highest BCUT2D eigenvalue weighted by Crippen LogP contribution is 2.44. The Labute approximate surface area is 112 Å². The molecule has 0 saturated heterocycles. The largest absolute Gasteiger partial charge is 0.465 e. The number of carbonyl (C=O) groups is 1. The predicted octanol–water partition coefficient (Wildman–Crippen LogP) is 2.75. The van der Waals surface area contributed by atoms with Crippen molar-refractivity contribution in [3.8, 4) is 11.3 Å². The Morgan fingerprint density at radius 3 is 2.74 bits per heavy atom. The van der Waals surface area contributed by atoms with E-state index in [1.54, 1.807) is 6.20 Å². The average Bonchev–Trinajstić information content (AvgIpc) is 3.19. The number of rotatable bonds is 3. The third-order valence-corrected chi connectivity index (χ3v) is 3.59. The molecule has 2 aromatic rings. The quantitative estimate of drug-likeness (QED) is 0.793. The minimum Gasteiger partial charge on any atom is -0.465 e. The van der Waals surface area contributed by atoms with E-state index in [1.807, 2.05) is 36.0 Å². The van der Waals surface area contributed by atoms with E-state index in [1.165, 1.54) is 25.5 Å². The lowest BCUT2D eigenvalue weighted by atomic mass is 9.98. The highest BCUT2D eigenvalue weighted by Gasteiger charge is 2.27. The zero-order valence-corrected chi connectivity index (χ0v) is 11.1. The van der Waals surface area contributed by atoms with Crippen molar-refractivity contribution in [1.29, 1.82) is 0 Å². The van der Waals surface area contributed by atoms with Crippen molar-refractivity contribution in [3.05, 3.63) is 41.6 Å². The minimum atomic E-state index is -0.300. The molecule has 0 atom stereocenters. The Morgan fingerprint density at radius 2 is 2.16 bits per heavy atom. The van der Waals surface area contributed by atoms with Crippen LogP contribution in [0.1, 0.15) is 34.7 Å². The second-order valence-electron chi connectivity index (χ2n) is 4.91. The smallest absolute Gasteiger partial charge is 0.337 e. The third kappa shape index (κ3) is 2.14. The molecule has 0 aliphatic heterocycles. The molecule has 0 radical (unpaired) electrons. The molecular weight excluding hydrogens is 240 g/mol. The fourth-order valence-electron chi connectivity index (χ4n) is 2.41. The molecule has 0 amide bonds. The van der Waals surface area contributed by atoms with E-state index in [-0.39, 0.29) is 5.97 Å². The summed E-state index contributed by atoms with van der Waals surface area (Å²) < 4.78 is 6.63. The molecule has 19 heavy (non-hydrogen) atoms. The maximum absolute atomic E-state index is 11.7. The van der Waals surface area contributed by atoms with Gasteiger partial charge in [-0.15, -0.1) is 0 Å². The molecule has 0 N–H and O–H groups in total. The second-order valence-corrected chi connectivity index (χ2v) is 4.91. The van der Waals surface area contributed by atoms with Crippen LogP contribution in [0.4, 0.5) is 0 Å². The van der Waals surface area contributed by atoms with Crippen molar-refractivity contribution in [2.75, 3.05) is 7.11 Å². The number of nitrogens with zero attached hydrogens (tertiary/aromatic N) is 2. The highest BCUT2D eigenvalue weighted by molar-refractivity contribution is 5.91. The van der Waals surface area contributed by atoms with Crippen LogP contribution in [0.5, 0.6) is 0 Å². The lowest BCUT2D eigenvalue weighted by molar-refractivity contribution is 0.0601. The van der Waals surface area contributed by atoms with Crippen LogP contribution < -0.4 is 0 Å². The first-order chi connectivity index (χ1) is 9.20. The first kappa shape index (κ1) is 12.0. The van der Waals surface area contributed by atoms with Crippen LogP contribution >= 0.6 is 0 Å². The monoisotopic (exact) mass is 256 g/mol. The van der Waals surface area contributed by atoms with Crippen molar-refractivity contribution in [1.82, 2.24) is 9.78 Å². The molecule has 1 saturated carbocycles. The van der Waals surface area contributed by atoms with E-state index in [2.05, 4.69) is 5.10 Å². The van der Waals surface area contributed by atoms with Crippen LogP contribution in [-0.4, -0.2) is 22.9 Å². The van der Waals surface area contributed by atoms with E-state index in [9.17, 15) is 4.79 Å². The van der Waals surface area contributed by atoms with E-state index in [0.29, 0.717) is 11.5 Å². The molecule has 1 fully saturated rings. The summed E-state index contributed by atoms with van der Waals surface area (Å²) in [6.07, 6.45) is 4.22. The van der Waals surface area contributed by atoms with Crippen molar-refractivity contribution in [2.24, 2.45) is 7.05 Å². The number of hydrogen-bond acceptors (Lipinski definition) is 3. The van der Waals surface area contributed by atoms with Crippen molar-refractivity contribution < 1.29 is 9.53 Å². The Bertz CT molecular complexity index is 627. The number of aromatic nitrogens is 2. The van der Waals surface area contributed by atoms with Gasteiger partial charge in [-0.3, -0.25) is 4.68 Å².